The molecule has 38 heavy (non-hydrogen) atoms. The van der Waals surface area contributed by atoms with E-state index in [4.69, 9.17) is 5.11 Å². The minimum absolute atomic E-state index is 0.104. The van der Waals surface area contributed by atoms with Crippen molar-refractivity contribution >= 4 is 28.4 Å². The van der Waals surface area contributed by atoms with Crippen molar-refractivity contribution in [2.45, 2.75) is 31.6 Å². The van der Waals surface area contributed by atoms with Crippen LogP contribution in [-0.4, -0.2) is 44.3 Å². The first-order chi connectivity index (χ1) is 18.3. The molecule has 2 aromatic heterocycles. The number of fused-ring (bicyclic) bond motifs is 1. The molecule has 1 aliphatic carbocycles. The van der Waals surface area contributed by atoms with Crippen molar-refractivity contribution < 1.29 is 19.5 Å². The number of nitrogens with zero attached hydrogens (tertiary/aromatic N) is 2. The maximum atomic E-state index is 13.1. The highest BCUT2D eigenvalue weighted by molar-refractivity contribution is 5.98. The van der Waals surface area contributed by atoms with Crippen molar-refractivity contribution in [3.05, 3.63) is 94.4 Å². The molecule has 0 spiro atoms. The summed E-state index contributed by atoms with van der Waals surface area (Å²) in [5, 5.41) is 13.5. The molecule has 3 N–H and O–H groups in total. The van der Waals surface area contributed by atoms with Crippen LogP contribution in [0.15, 0.2) is 71.9 Å². The summed E-state index contributed by atoms with van der Waals surface area (Å²) in [6.45, 7) is 1.33. The van der Waals surface area contributed by atoms with E-state index in [9.17, 15) is 19.2 Å². The third-order valence-corrected chi connectivity index (χ3v) is 7.15. The fraction of sp³-hybridized carbons (Fsp3) is 0.241. The Labute approximate surface area is 218 Å². The Morgan fingerprint density at radius 2 is 1.84 bits per heavy atom. The van der Waals surface area contributed by atoms with Crippen LogP contribution >= 0.6 is 0 Å². The molecular weight excluding hydrogens is 484 g/mol. The van der Waals surface area contributed by atoms with Crippen molar-refractivity contribution in [1.29, 1.82) is 0 Å². The van der Waals surface area contributed by atoms with Crippen LogP contribution in [0.4, 0.5) is 0 Å². The largest absolute Gasteiger partial charge is 0.481 e. The highest BCUT2D eigenvalue weighted by atomic mass is 16.4. The number of carbonyl (C=O) groups excluding carboxylic acids is 2. The highest BCUT2D eigenvalue weighted by Gasteiger charge is 2.46. The number of aromatic nitrogens is 3. The maximum Gasteiger partial charge on any atom is 0.308 e. The highest BCUT2D eigenvalue weighted by Crippen LogP contribution is 2.51. The first kappa shape index (κ1) is 25.0. The smallest absolute Gasteiger partial charge is 0.308 e. The number of H-pyrrole nitrogens is 1. The van der Waals surface area contributed by atoms with Crippen molar-refractivity contribution in [2.75, 3.05) is 6.54 Å². The van der Waals surface area contributed by atoms with Gasteiger partial charge in [0.1, 0.15) is 5.56 Å². The molecule has 2 heterocycles. The van der Waals surface area contributed by atoms with Gasteiger partial charge in [0.05, 0.1) is 5.92 Å². The zero-order valence-electron chi connectivity index (χ0n) is 20.7. The number of Topliss-reactive ketones (excluding diaryl/α,β-unsaturated/α-hetero) is 1. The van der Waals surface area contributed by atoms with Crippen LogP contribution in [0, 0.1) is 5.92 Å². The van der Waals surface area contributed by atoms with E-state index in [-0.39, 0.29) is 35.6 Å². The van der Waals surface area contributed by atoms with Crippen molar-refractivity contribution in [1.82, 2.24) is 20.3 Å². The lowest BCUT2D eigenvalue weighted by atomic mass is 9.87. The fourth-order valence-corrected chi connectivity index (χ4v) is 4.62. The lowest BCUT2D eigenvalue weighted by molar-refractivity contribution is -0.140. The molecule has 4 aromatic rings. The normalized spacial score (nSPS) is 14.6. The summed E-state index contributed by atoms with van der Waals surface area (Å²) in [5.74, 6) is -3.17. The Bertz CT molecular complexity index is 1600. The Morgan fingerprint density at radius 1 is 1.08 bits per heavy atom. The van der Waals surface area contributed by atoms with Gasteiger partial charge in [0.15, 0.2) is 11.6 Å². The van der Waals surface area contributed by atoms with E-state index in [0.717, 1.165) is 46.5 Å². The molecule has 0 aliphatic heterocycles. The van der Waals surface area contributed by atoms with Crippen LogP contribution in [0.3, 0.4) is 0 Å². The molecule has 1 amide bonds. The summed E-state index contributed by atoms with van der Waals surface area (Å²) < 4.78 is 0. The second-order valence-electron chi connectivity index (χ2n) is 9.78. The minimum Gasteiger partial charge on any atom is -0.481 e. The second kappa shape index (κ2) is 10.0. The number of hydrogen-bond donors (Lipinski definition) is 3. The Morgan fingerprint density at radius 3 is 2.53 bits per heavy atom. The van der Waals surface area contributed by atoms with E-state index in [2.05, 4.69) is 38.5 Å². The second-order valence-corrected chi connectivity index (χ2v) is 9.78. The third kappa shape index (κ3) is 4.95. The van der Waals surface area contributed by atoms with Crippen LogP contribution < -0.4 is 10.9 Å². The molecule has 1 aliphatic rings. The van der Waals surface area contributed by atoms with Gasteiger partial charge >= 0.3 is 5.97 Å². The monoisotopic (exact) mass is 510 g/mol. The Hall–Kier alpha value is -4.66. The standard InChI is InChI=1S/C29H26N4O5/c1-17(28(37)38)14-32-27(36)25-31-16-23(26(35)33-25)24(34)13-29(10-11-29)20-7-5-18(6-8-20)21-4-2-3-19-15-30-12-9-22(19)21/h2-9,12,15-17H,10-11,13-14H2,1H3,(H,32,36)(H,37,38)(H,31,33,35). The molecule has 9 nitrogen and oxygen atoms in total. The molecule has 1 saturated carbocycles. The summed E-state index contributed by atoms with van der Waals surface area (Å²) >= 11 is 0. The van der Waals surface area contributed by atoms with E-state index in [1.54, 1.807) is 6.20 Å². The van der Waals surface area contributed by atoms with Crippen LogP contribution in [0.2, 0.25) is 0 Å². The van der Waals surface area contributed by atoms with Gasteiger partial charge in [-0.3, -0.25) is 24.2 Å². The van der Waals surface area contributed by atoms with Crippen LogP contribution in [0.1, 0.15) is 52.7 Å². The summed E-state index contributed by atoms with van der Waals surface area (Å²) in [4.78, 5) is 59.2. The number of aliphatic carboxylic acids is 1. The van der Waals surface area contributed by atoms with Gasteiger partial charge in [-0.15, -0.1) is 0 Å². The van der Waals surface area contributed by atoms with Crippen molar-refractivity contribution in [2.24, 2.45) is 5.92 Å². The average Bonchev–Trinajstić information content (AvgIpc) is 3.71. The van der Waals surface area contributed by atoms with E-state index < -0.39 is 23.4 Å². The number of amides is 1. The van der Waals surface area contributed by atoms with Gasteiger partial charge in [-0.2, -0.15) is 0 Å². The van der Waals surface area contributed by atoms with Gasteiger partial charge in [0.2, 0.25) is 0 Å². The molecule has 1 unspecified atom stereocenters. The number of carbonyl (C=O) groups is 3. The van der Waals surface area contributed by atoms with Gasteiger partial charge < -0.3 is 15.4 Å². The molecule has 1 atom stereocenters. The number of carboxylic acids is 1. The molecule has 5 rings (SSSR count). The van der Waals surface area contributed by atoms with Gasteiger partial charge in [-0.1, -0.05) is 49.4 Å². The topological polar surface area (TPSA) is 142 Å². The molecule has 0 saturated heterocycles. The zero-order chi connectivity index (χ0) is 26.9. The summed E-state index contributed by atoms with van der Waals surface area (Å²) in [5.41, 5.74) is 2.10. The van der Waals surface area contributed by atoms with E-state index in [1.165, 1.54) is 6.92 Å². The summed E-state index contributed by atoms with van der Waals surface area (Å²) in [6, 6.07) is 16.3. The lowest BCUT2D eigenvalue weighted by Crippen LogP contribution is -2.34. The fourth-order valence-electron chi connectivity index (χ4n) is 4.62. The number of aromatic amines is 1. The van der Waals surface area contributed by atoms with Crippen molar-refractivity contribution in [3.8, 4) is 11.1 Å². The molecule has 0 bridgehead atoms. The summed E-state index contributed by atoms with van der Waals surface area (Å²) in [6.07, 6.45) is 6.58. The number of pyridine rings is 1. The molecular formula is C29H26N4O5. The third-order valence-electron chi connectivity index (χ3n) is 7.15. The van der Waals surface area contributed by atoms with Gasteiger partial charge in [0.25, 0.3) is 11.5 Å². The predicted octanol–water partition coefficient (Wildman–Crippen LogP) is 3.74. The maximum absolute atomic E-state index is 13.1. The van der Waals surface area contributed by atoms with Crippen LogP contribution in [-0.2, 0) is 10.2 Å². The first-order valence-electron chi connectivity index (χ1n) is 12.3. The average molecular weight is 511 g/mol. The number of benzene rings is 2. The molecule has 0 radical (unpaired) electrons. The predicted molar refractivity (Wildman–Crippen MR) is 141 cm³/mol. The number of rotatable bonds is 9. The number of ketones is 1. The molecule has 1 fully saturated rings. The quantitative estimate of drug-likeness (QED) is 0.291. The molecule has 2 aromatic carbocycles. The molecule has 192 valence electrons. The Balaban J connectivity index is 1.29. The number of carboxylic acid groups (broad SMARTS) is 1. The SMILES string of the molecule is CC(CNC(=O)c1ncc(C(=O)CC2(c3ccc(-c4cccc5cnccc45)cc3)CC2)c(=O)[nH]1)C(=O)O. The minimum atomic E-state index is -1.05. The van der Waals surface area contributed by atoms with Gasteiger partial charge in [0, 0.05) is 42.4 Å². The summed E-state index contributed by atoms with van der Waals surface area (Å²) in [7, 11) is 0. The van der Waals surface area contributed by atoms with Gasteiger partial charge in [-0.25, -0.2) is 4.98 Å². The first-order valence-corrected chi connectivity index (χ1v) is 12.3. The lowest BCUT2D eigenvalue weighted by Gasteiger charge is -2.16. The Kier molecular flexibility index (Phi) is 6.59. The van der Waals surface area contributed by atoms with Gasteiger partial charge in [-0.05, 0) is 41.0 Å². The van der Waals surface area contributed by atoms with Crippen LogP contribution in [0.25, 0.3) is 21.9 Å². The van der Waals surface area contributed by atoms with Crippen LogP contribution in [0.5, 0.6) is 0 Å². The number of nitrogens with one attached hydrogen (secondary N) is 2. The number of hydrogen-bond acceptors (Lipinski definition) is 6. The van der Waals surface area contributed by atoms with E-state index in [1.807, 2.05) is 36.5 Å². The molecule has 9 heteroatoms. The van der Waals surface area contributed by atoms with E-state index in [0.29, 0.717) is 0 Å². The van der Waals surface area contributed by atoms with Crippen molar-refractivity contribution in [3.63, 3.8) is 0 Å². The van der Waals surface area contributed by atoms with E-state index >= 15 is 0 Å². The zero-order valence-corrected chi connectivity index (χ0v) is 20.7.